The first kappa shape index (κ1) is 16.1. The number of hydrogen-bond acceptors (Lipinski definition) is 5. The number of carbonyl (C=O) groups is 3. The van der Waals surface area contributed by atoms with Gasteiger partial charge in [0, 0.05) is 0 Å². The molecular formula is C16H20N2O4S. The number of hydrogen-bond donors (Lipinski definition) is 1. The average Bonchev–Trinajstić information content (AvgIpc) is 3.02. The molecule has 1 aliphatic heterocycles. The molecule has 0 unspecified atom stereocenters. The minimum absolute atomic E-state index is 0.151. The monoisotopic (exact) mass is 336 g/mol. The number of thioether (sulfide) groups is 1. The summed E-state index contributed by atoms with van der Waals surface area (Å²) in [4.78, 5) is 37.8. The predicted molar refractivity (Wildman–Crippen MR) is 86.4 cm³/mol. The van der Waals surface area contributed by atoms with Crippen LogP contribution in [0.3, 0.4) is 0 Å². The molecule has 3 amide bonds. The molecule has 23 heavy (non-hydrogen) atoms. The van der Waals surface area contributed by atoms with Crippen LogP contribution in [0.15, 0.2) is 10.5 Å². The van der Waals surface area contributed by atoms with Gasteiger partial charge in [0.1, 0.15) is 11.5 Å². The number of carbonyl (C=O) groups excluding carboxylic acids is 3. The number of nitrogens with one attached hydrogen (secondary N) is 1. The first-order chi connectivity index (χ1) is 11.0. The number of rotatable bonds is 3. The minimum Gasteiger partial charge on any atom is -0.466 e. The Morgan fingerprint density at radius 3 is 2.65 bits per heavy atom. The van der Waals surface area contributed by atoms with Gasteiger partial charge in [-0.3, -0.25) is 19.3 Å². The summed E-state index contributed by atoms with van der Waals surface area (Å²) in [5, 5.41) is 2.81. The van der Waals surface area contributed by atoms with E-state index < -0.39 is 0 Å². The largest absolute Gasteiger partial charge is 0.466 e. The smallest absolute Gasteiger partial charge is 0.289 e. The molecule has 0 aromatic carbocycles. The molecule has 1 N–H and O–H groups in total. The van der Waals surface area contributed by atoms with Crippen LogP contribution in [-0.2, 0) is 4.79 Å². The van der Waals surface area contributed by atoms with Crippen molar-refractivity contribution in [2.24, 2.45) is 0 Å². The molecule has 124 valence electrons. The zero-order chi connectivity index (χ0) is 16.6. The molecule has 2 heterocycles. The summed E-state index contributed by atoms with van der Waals surface area (Å²) in [5.41, 5.74) is 0.514. The van der Waals surface area contributed by atoms with Gasteiger partial charge in [0.2, 0.25) is 5.91 Å². The van der Waals surface area contributed by atoms with Gasteiger partial charge in [-0.2, -0.15) is 0 Å². The van der Waals surface area contributed by atoms with E-state index in [4.69, 9.17) is 4.42 Å². The Balaban J connectivity index is 1.76. The SMILES string of the molecule is Cc1cc(C(=O)N[C@@H]2CCCC[C@@H]2N2C(=O)CSC2=O)c(C)o1. The first-order valence-electron chi connectivity index (χ1n) is 7.84. The van der Waals surface area contributed by atoms with Gasteiger partial charge in [-0.15, -0.1) is 0 Å². The van der Waals surface area contributed by atoms with Crippen LogP contribution < -0.4 is 5.32 Å². The van der Waals surface area contributed by atoms with E-state index in [9.17, 15) is 14.4 Å². The Morgan fingerprint density at radius 1 is 1.30 bits per heavy atom. The molecule has 0 spiro atoms. The van der Waals surface area contributed by atoms with Crippen molar-refractivity contribution in [3.05, 3.63) is 23.2 Å². The maximum absolute atomic E-state index is 12.5. The molecule has 6 nitrogen and oxygen atoms in total. The normalized spacial score (nSPS) is 25.0. The van der Waals surface area contributed by atoms with Gasteiger partial charge >= 0.3 is 0 Å². The summed E-state index contributed by atoms with van der Waals surface area (Å²) in [6.45, 7) is 3.55. The van der Waals surface area contributed by atoms with Gasteiger partial charge in [-0.25, -0.2) is 0 Å². The van der Waals surface area contributed by atoms with Crippen LogP contribution in [0.1, 0.15) is 47.6 Å². The number of amides is 3. The molecule has 1 aromatic heterocycles. The van der Waals surface area contributed by atoms with E-state index in [2.05, 4.69) is 5.32 Å². The summed E-state index contributed by atoms with van der Waals surface area (Å²) in [7, 11) is 0. The fourth-order valence-corrected chi connectivity index (χ4v) is 4.14. The second-order valence-corrected chi connectivity index (χ2v) is 7.00. The van der Waals surface area contributed by atoms with Crippen molar-refractivity contribution < 1.29 is 18.8 Å². The molecular weight excluding hydrogens is 316 g/mol. The molecule has 2 fully saturated rings. The highest BCUT2D eigenvalue weighted by Gasteiger charge is 2.41. The molecule has 7 heteroatoms. The van der Waals surface area contributed by atoms with Crippen molar-refractivity contribution in [1.82, 2.24) is 10.2 Å². The van der Waals surface area contributed by atoms with E-state index in [1.807, 2.05) is 0 Å². The molecule has 1 saturated carbocycles. The Kier molecular flexibility index (Phi) is 4.48. The Bertz CT molecular complexity index is 639. The fourth-order valence-electron chi connectivity index (χ4n) is 3.38. The highest BCUT2D eigenvalue weighted by molar-refractivity contribution is 8.14. The third-order valence-electron chi connectivity index (χ3n) is 4.45. The Hall–Kier alpha value is -1.76. The number of aryl methyl sites for hydroxylation is 2. The van der Waals surface area contributed by atoms with Crippen LogP contribution in [0, 0.1) is 13.8 Å². The third-order valence-corrected chi connectivity index (χ3v) is 5.28. The Morgan fingerprint density at radius 2 is 2.04 bits per heavy atom. The maximum atomic E-state index is 12.5. The van der Waals surface area contributed by atoms with Crippen LogP contribution in [-0.4, -0.2) is 39.8 Å². The predicted octanol–water partition coefficient (Wildman–Crippen LogP) is 2.63. The summed E-state index contributed by atoms with van der Waals surface area (Å²) >= 11 is 1.04. The lowest BCUT2D eigenvalue weighted by Crippen LogP contribution is -2.54. The maximum Gasteiger partial charge on any atom is 0.289 e. The topological polar surface area (TPSA) is 79.6 Å². The van der Waals surface area contributed by atoms with Gasteiger partial charge in [0.15, 0.2) is 0 Å². The van der Waals surface area contributed by atoms with Crippen molar-refractivity contribution in [2.45, 2.75) is 51.6 Å². The number of furan rings is 1. The molecule has 3 rings (SSSR count). The standard InChI is InChI=1S/C16H20N2O4S/c1-9-7-11(10(2)22-9)15(20)17-12-5-3-4-6-13(12)18-14(19)8-23-16(18)21/h7,12-13H,3-6,8H2,1-2H3,(H,17,20)/t12-,13+/m1/s1. The highest BCUT2D eigenvalue weighted by Crippen LogP contribution is 2.30. The second-order valence-electron chi connectivity index (χ2n) is 6.08. The second kappa shape index (κ2) is 6.39. The summed E-state index contributed by atoms with van der Waals surface area (Å²) in [6.07, 6.45) is 3.46. The Labute approximate surface area is 139 Å². The van der Waals surface area contributed by atoms with Gasteiger partial charge in [-0.1, -0.05) is 24.6 Å². The quantitative estimate of drug-likeness (QED) is 0.918. The molecule has 1 saturated heterocycles. The van der Waals surface area contributed by atoms with Crippen LogP contribution in [0.4, 0.5) is 4.79 Å². The zero-order valence-electron chi connectivity index (χ0n) is 13.3. The lowest BCUT2D eigenvalue weighted by molar-refractivity contribution is -0.127. The van der Waals surface area contributed by atoms with Crippen molar-refractivity contribution in [3.8, 4) is 0 Å². The van der Waals surface area contributed by atoms with E-state index in [0.29, 0.717) is 17.1 Å². The van der Waals surface area contributed by atoms with Crippen molar-refractivity contribution in [2.75, 3.05) is 5.75 Å². The minimum atomic E-state index is -0.240. The van der Waals surface area contributed by atoms with E-state index in [1.54, 1.807) is 19.9 Å². The van der Waals surface area contributed by atoms with E-state index in [1.165, 1.54) is 4.90 Å². The molecule has 2 aliphatic rings. The summed E-state index contributed by atoms with van der Waals surface area (Å²) < 4.78 is 5.40. The molecule has 2 atom stereocenters. The van der Waals surface area contributed by atoms with Crippen molar-refractivity contribution in [3.63, 3.8) is 0 Å². The van der Waals surface area contributed by atoms with Gasteiger partial charge in [0.05, 0.1) is 23.4 Å². The average molecular weight is 336 g/mol. The number of imide groups is 1. The van der Waals surface area contributed by atoms with E-state index in [-0.39, 0.29) is 34.9 Å². The third kappa shape index (κ3) is 3.15. The van der Waals surface area contributed by atoms with Crippen LogP contribution in [0.25, 0.3) is 0 Å². The lowest BCUT2D eigenvalue weighted by atomic mass is 9.89. The van der Waals surface area contributed by atoms with Gasteiger partial charge < -0.3 is 9.73 Å². The van der Waals surface area contributed by atoms with E-state index >= 15 is 0 Å². The fraction of sp³-hybridized carbons (Fsp3) is 0.562. The van der Waals surface area contributed by atoms with Gasteiger partial charge in [0.25, 0.3) is 11.1 Å². The van der Waals surface area contributed by atoms with Crippen molar-refractivity contribution >= 4 is 28.8 Å². The molecule has 1 aromatic rings. The first-order valence-corrected chi connectivity index (χ1v) is 8.82. The summed E-state index contributed by atoms with van der Waals surface area (Å²) in [5.74, 6) is 1.12. The lowest BCUT2D eigenvalue weighted by Gasteiger charge is -2.36. The van der Waals surface area contributed by atoms with Crippen molar-refractivity contribution in [1.29, 1.82) is 0 Å². The number of nitrogens with zero attached hydrogens (tertiary/aromatic N) is 1. The molecule has 0 bridgehead atoms. The zero-order valence-corrected chi connectivity index (χ0v) is 14.1. The van der Waals surface area contributed by atoms with Gasteiger partial charge in [-0.05, 0) is 32.8 Å². The molecule has 0 radical (unpaired) electrons. The van der Waals surface area contributed by atoms with Crippen LogP contribution in [0.2, 0.25) is 0 Å². The highest BCUT2D eigenvalue weighted by atomic mass is 32.2. The van der Waals surface area contributed by atoms with E-state index in [0.717, 1.165) is 37.4 Å². The van der Waals surface area contributed by atoms with Crippen LogP contribution in [0.5, 0.6) is 0 Å². The summed E-state index contributed by atoms with van der Waals surface area (Å²) in [6, 6.07) is 1.28. The van der Waals surface area contributed by atoms with Crippen LogP contribution >= 0.6 is 11.8 Å². The molecule has 1 aliphatic carbocycles.